The first-order valence-electron chi connectivity index (χ1n) is 10.1. The van der Waals surface area contributed by atoms with Crippen LogP contribution in [0.1, 0.15) is 51.9 Å². The van der Waals surface area contributed by atoms with Crippen LogP contribution in [0, 0.1) is 34.0 Å². The van der Waals surface area contributed by atoms with Crippen molar-refractivity contribution < 1.29 is 19.4 Å². The molecule has 2 saturated heterocycles. The third-order valence-corrected chi connectivity index (χ3v) is 10.2. The predicted molar refractivity (Wildman–Crippen MR) is 86.5 cm³/mol. The number of carbonyl (C=O) groups is 2. The molecule has 6 bridgehead atoms. The molecule has 2 aliphatic heterocycles. The second-order valence-corrected chi connectivity index (χ2v) is 10.6. The van der Waals surface area contributed by atoms with Crippen LogP contribution in [0.4, 0.5) is 4.79 Å². The van der Waals surface area contributed by atoms with Crippen molar-refractivity contribution >= 4 is 11.9 Å². The number of fused-ring (bicyclic) bond motifs is 1. The molecule has 8 fully saturated rings. The zero-order valence-corrected chi connectivity index (χ0v) is 14.7. The van der Waals surface area contributed by atoms with E-state index in [9.17, 15) is 14.7 Å². The van der Waals surface area contributed by atoms with Gasteiger partial charge in [0.05, 0.1) is 12.1 Å². The number of ketones is 1. The average molecular weight is 343 g/mol. The van der Waals surface area contributed by atoms with Gasteiger partial charge in [0, 0.05) is 42.1 Å². The number of rotatable bonds is 0. The highest BCUT2D eigenvalue weighted by Gasteiger charge is 2.91. The number of ether oxygens (including phenoxy) is 1. The fourth-order valence-electron chi connectivity index (χ4n) is 10.1. The lowest BCUT2D eigenvalue weighted by Crippen LogP contribution is -2.69. The second kappa shape index (κ2) is 3.51. The Morgan fingerprint density at radius 3 is 2.92 bits per heavy atom. The Bertz CT molecular complexity index is 767. The van der Waals surface area contributed by atoms with Crippen LogP contribution >= 0.6 is 0 Å². The number of piperidine rings is 1. The normalized spacial score (nSPS) is 65.4. The van der Waals surface area contributed by atoms with Crippen molar-refractivity contribution in [2.75, 3.05) is 6.54 Å². The Hall–Kier alpha value is -1.10. The summed E-state index contributed by atoms with van der Waals surface area (Å²) < 4.78 is 6.28. The van der Waals surface area contributed by atoms with Crippen LogP contribution in [-0.2, 0) is 9.53 Å². The van der Waals surface area contributed by atoms with Gasteiger partial charge < -0.3 is 14.7 Å². The Morgan fingerprint density at radius 1 is 1.24 bits per heavy atom. The van der Waals surface area contributed by atoms with Gasteiger partial charge in [-0.1, -0.05) is 13.3 Å². The van der Waals surface area contributed by atoms with Gasteiger partial charge >= 0.3 is 6.09 Å². The van der Waals surface area contributed by atoms with E-state index < -0.39 is 11.7 Å². The van der Waals surface area contributed by atoms with E-state index in [1.165, 1.54) is 12.8 Å². The summed E-state index contributed by atoms with van der Waals surface area (Å²) in [6.07, 6.45) is 5.96. The SMILES string of the molecule is CC12CCCC34C5C(O)C6C[C@@]7(OC(=O)N(C1)C37)[C@@]5(CC[C@H]24)CC6=O. The highest BCUT2D eigenvalue weighted by Crippen LogP contribution is 2.84. The van der Waals surface area contributed by atoms with Crippen LogP contribution in [0.3, 0.4) is 0 Å². The molecule has 0 radical (unpaired) electrons. The van der Waals surface area contributed by atoms with Crippen molar-refractivity contribution in [1.29, 1.82) is 0 Å². The smallest absolute Gasteiger partial charge is 0.410 e. The number of carbonyl (C=O) groups excluding carboxylic acids is 2. The molecule has 5 nitrogen and oxygen atoms in total. The molecule has 8 rings (SSSR count). The van der Waals surface area contributed by atoms with Gasteiger partial charge in [0.1, 0.15) is 11.4 Å². The standard InChI is InChI=1S/C20H25NO4/c1-17-4-2-5-19-12(17)3-6-18-8-11(22)10(13(23)14(18)19)7-20(18)15(19)21(9-17)16(24)25-20/h10,12-15,23H,2-9H2,1H3/t10?,12-,13?,14?,15?,17?,18+,19?,20+/m1/s1. The summed E-state index contributed by atoms with van der Waals surface area (Å²) in [4.78, 5) is 27.7. The molecule has 8 aliphatic rings. The monoisotopic (exact) mass is 343 g/mol. The van der Waals surface area contributed by atoms with E-state index in [1.807, 2.05) is 0 Å². The number of hydrogen-bond acceptors (Lipinski definition) is 4. The summed E-state index contributed by atoms with van der Waals surface area (Å²) in [7, 11) is 0. The summed E-state index contributed by atoms with van der Waals surface area (Å²) in [5.74, 6) is 0.615. The lowest BCUT2D eigenvalue weighted by Gasteiger charge is -2.67. The minimum absolute atomic E-state index is 0.0233. The Morgan fingerprint density at radius 2 is 2.08 bits per heavy atom. The molecule has 6 saturated carbocycles. The first kappa shape index (κ1) is 14.0. The summed E-state index contributed by atoms with van der Waals surface area (Å²) in [5.41, 5.74) is -0.682. The first-order valence-corrected chi connectivity index (χ1v) is 10.1. The minimum atomic E-state index is -0.527. The fraction of sp³-hybridized carbons (Fsp3) is 0.900. The van der Waals surface area contributed by atoms with Gasteiger partial charge in [-0.3, -0.25) is 4.79 Å². The molecule has 25 heavy (non-hydrogen) atoms. The van der Waals surface area contributed by atoms with Crippen molar-refractivity contribution in [3.8, 4) is 0 Å². The van der Waals surface area contributed by atoms with Gasteiger partial charge in [0.2, 0.25) is 0 Å². The summed E-state index contributed by atoms with van der Waals surface area (Å²) in [6, 6.07) is 0.103. The summed E-state index contributed by atoms with van der Waals surface area (Å²) >= 11 is 0. The largest absolute Gasteiger partial charge is 0.440 e. The molecule has 2 heterocycles. The number of hydrogen-bond donors (Lipinski definition) is 1. The molecule has 9 atom stereocenters. The van der Waals surface area contributed by atoms with E-state index in [1.54, 1.807) is 0 Å². The third kappa shape index (κ3) is 1.04. The van der Waals surface area contributed by atoms with Crippen molar-refractivity contribution in [2.24, 2.45) is 34.0 Å². The molecular weight excluding hydrogens is 318 g/mol. The zero-order chi connectivity index (χ0) is 17.0. The van der Waals surface area contributed by atoms with E-state index in [2.05, 4.69) is 11.8 Å². The van der Waals surface area contributed by atoms with Crippen LogP contribution < -0.4 is 0 Å². The molecule has 1 N–H and O–H groups in total. The molecule has 6 unspecified atom stereocenters. The molecule has 0 aromatic carbocycles. The maximum absolute atomic E-state index is 12.9. The highest BCUT2D eigenvalue weighted by atomic mass is 16.6. The van der Waals surface area contributed by atoms with Crippen LogP contribution in [-0.4, -0.2) is 46.2 Å². The van der Waals surface area contributed by atoms with Gasteiger partial charge in [-0.25, -0.2) is 4.79 Å². The van der Waals surface area contributed by atoms with Crippen molar-refractivity contribution in [1.82, 2.24) is 4.90 Å². The quantitative estimate of drug-likeness (QED) is 0.732. The molecule has 3 spiro atoms. The number of Topliss-reactive ketones (excluding diaryl/α,β-unsaturated/α-hetero) is 1. The average Bonchev–Trinajstić information content (AvgIpc) is 2.85. The first-order chi connectivity index (χ1) is 11.9. The summed E-state index contributed by atoms with van der Waals surface area (Å²) in [6.45, 7) is 3.17. The lowest BCUT2D eigenvalue weighted by molar-refractivity contribution is -0.234. The van der Waals surface area contributed by atoms with Gasteiger partial charge in [-0.05, 0) is 37.0 Å². The van der Waals surface area contributed by atoms with E-state index in [-0.39, 0.29) is 46.0 Å². The van der Waals surface area contributed by atoms with E-state index >= 15 is 0 Å². The van der Waals surface area contributed by atoms with E-state index in [0.29, 0.717) is 18.8 Å². The van der Waals surface area contributed by atoms with Crippen LogP contribution in [0.5, 0.6) is 0 Å². The lowest BCUT2D eigenvalue weighted by atomic mass is 9.39. The molecule has 134 valence electrons. The number of aliphatic hydroxyl groups excluding tert-OH is 1. The second-order valence-electron chi connectivity index (χ2n) is 10.6. The zero-order valence-electron chi connectivity index (χ0n) is 14.7. The maximum atomic E-state index is 12.9. The molecule has 6 aliphatic carbocycles. The van der Waals surface area contributed by atoms with E-state index in [0.717, 1.165) is 25.8 Å². The molecule has 5 heteroatoms. The Kier molecular flexibility index (Phi) is 1.97. The van der Waals surface area contributed by atoms with Crippen LogP contribution in [0.25, 0.3) is 0 Å². The highest BCUT2D eigenvalue weighted by molar-refractivity contribution is 5.87. The molecular formula is C20H25NO4. The fourth-order valence-corrected chi connectivity index (χ4v) is 10.1. The molecule has 1 amide bonds. The van der Waals surface area contributed by atoms with Crippen LogP contribution in [0.2, 0.25) is 0 Å². The third-order valence-electron chi connectivity index (χ3n) is 10.2. The van der Waals surface area contributed by atoms with Crippen molar-refractivity contribution in [2.45, 2.75) is 69.6 Å². The predicted octanol–water partition coefficient (Wildman–Crippen LogP) is 2.12. The maximum Gasteiger partial charge on any atom is 0.410 e. The minimum Gasteiger partial charge on any atom is -0.440 e. The van der Waals surface area contributed by atoms with Crippen molar-refractivity contribution in [3.05, 3.63) is 0 Å². The Balaban J connectivity index is 1.59. The Labute approximate surface area is 147 Å². The number of nitrogens with zero attached hydrogens (tertiary/aromatic N) is 1. The van der Waals surface area contributed by atoms with Gasteiger partial charge in [0.25, 0.3) is 0 Å². The van der Waals surface area contributed by atoms with E-state index in [4.69, 9.17) is 4.74 Å². The van der Waals surface area contributed by atoms with Crippen LogP contribution in [0.15, 0.2) is 0 Å². The van der Waals surface area contributed by atoms with Crippen molar-refractivity contribution in [3.63, 3.8) is 0 Å². The molecule has 0 aromatic rings. The van der Waals surface area contributed by atoms with Gasteiger partial charge in [0.15, 0.2) is 0 Å². The van der Waals surface area contributed by atoms with Gasteiger partial charge in [-0.2, -0.15) is 0 Å². The molecule has 0 aromatic heterocycles. The number of amides is 1. The topological polar surface area (TPSA) is 66.8 Å². The summed E-state index contributed by atoms with van der Waals surface area (Å²) in [5, 5.41) is 11.3. The van der Waals surface area contributed by atoms with Gasteiger partial charge in [-0.15, -0.1) is 0 Å². The number of aliphatic hydroxyl groups is 1.